The number of benzene rings is 2. The lowest BCUT2D eigenvalue weighted by Gasteiger charge is -2.09. The SMILES string of the molecule is Cc1ccc(F)c(C2=C3C(=O)NC(c4cc(C)ccc4F)=C3C(=O)N2)c1. The Morgan fingerprint density at radius 2 is 1.08 bits per heavy atom. The van der Waals surface area contributed by atoms with Crippen LogP contribution in [0, 0.1) is 25.5 Å². The number of hydrogen-bond donors (Lipinski definition) is 2. The van der Waals surface area contributed by atoms with Crippen molar-refractivity contribution in [3.05, 3.63) is 81.4 Å². The lowest BCUT2D eigenvalue weighted by Crippen LogP contribution is -2.22. The fraction of sp³-hybridized carbons (Fsp3) is 0.100. The maximum atomic E-state index is 14.3. The van der Waals surface area contributed by atoms with E-state index < -0.39 is 23.4 Å². The van der Waals surface area contributed by atoms with Crippen LogP contribution in [-0.2, 0) is 9.59 Å². The summed E-state index contributed by atoms with van der Waals surface area (Å²) in [7, 11) is 0. The highest BCUT2D eigenvalue weighted by molar-refractivity contribution is 6.30. The van der Waals surface area contributed by atoms with Crippen LogP contribution < -0.4 is 10.6 Å². The summed E-state index contributed by atoms with van der Waals surface area (Å²) in [6, 6.07) is 8.86. The molecule has 2 heterocycles. The Morgan fingerprint density at radius 3 is 1.46 bits per heavy atom. The van der Waals surface area contributed by atoms with Gasteiger partial charge >= 0.3 is 0 Å². The highest BCUT2D eigenvalue weighted by Crippen LogP contribution is 2.38. The second kappa shape index (κ2) is 5.62. The molecule has 0 aliphatic carbocycles. The van der Waals surface area contributed by atoms with Gasteiger partial charge in [0.05, 0.1) is 22.5 Å². The van der Waals surface area contributed by atoms with Crippen LogP contribution in [0.2, 0.25) is 0 Å². The topological polar surface area (TPSA) is 58.2 Å². The summed E-state index contributed by atoms with van der Waals surface area (Å²) in [6.07, 6.45) is 0. The van der Waals surface area contributed by atoms with Crippen molar-refractivity contribution in [2.75, 3.05) is 0 Å². The van der Waals surface area contributed by atoms with Crippen molar-refractivity contribution in [1.29, 1.82) is 0 Å². The van der Waals surface area contributed by atoms with E-state index in [0.29, 0.717) is 0 Å². The van der Waals surface area contributed by atoms with Gasteiger partial charge in [-0.1, -0.05) is 23.3 Å². The molecule has 0 fully saturated rings. The number of carbonyl (C=O) groups excluding carboxylic acids is 2. The zero-order valence-electron chi connectivity index (χ0n) is 14.0. The molecule has 6 heteroatoms. The molecule has 4 rings (SSSR count). The summed E-state index contributed by atoms with van der Waals surface area (Å²) in [5.41, 5.74) is 2.10. The Morgan fingerprint density at radius 1 is 0.692 bits per heavy atom. The number of hydrogen-bond acceptors (Lipinski definition) is 2. The first-order chi connectivity index (χ1) is 12.4. The largest absolute Gasteiger partial charge is 0.320 e. The predicted molar refractivity (Wildman–Crippen MR) is 92.4 cm³/mol. The molecule has 0 saturated carbocycles. The zero-order valence-corrected chi connectivity index (χ0v) is 14.0. The summed E-state index contributed by atoms with van der Waals surface area (Å²) >= 11 is 0. The normalized spacial score (nSPS) is 16.2. The molecule has 0 atom stereocenters. The molecule has 2 N–H and O–H groups in total. The summed E-state index contributed by atoms with van der Waals surface area (Å²) < 4.78 is 28.6. The van der Waals surface area contributed by atoms with Crippen molar-refractivity contribution in [2.24, 2.45) is 0 Å². The van der Waals surface area contributed by atoms with Crippen LogP contribution in [0.5, 0.6) is 0 Å². The van der Waals surface area contributed by atoms with Gasteiger partial charge in [-0.25, -0.2) is 8.78 Å². The highest BCUT2D eigenvalue weighted by Gasteiger charge is 2.42. The van der Waals surface area contributed by atoms with E-state index in [1.54, 1.807) is 38.1 Å². The third-order valence-corrected chi connectivity index (χ3v) is 4.46. The van der Waals surface area contributed by atoms with Crippen molar-refractivity contribution < 1.29 is 18.4 Å². The number of halogens is 2. The van der Waals surface area contributed by atoms with Crippen molar-refractivity contribution >= 4 is 23.2 Å². The molecular weight excluding hydrogens is 338 g/mol. The lowest BCUT2D eigenvalue weighted by molar-refractivity contribution is -0.117. The van der Waals surface area contributed by atoms with Crippen LogP contribution >= 0.6 is 0 Å². The number of aryl methyl sites for hydroxylation is 2. The Hall–Kier alpha value is -3.28. The second-order valence-corrected chi connectivity index (χ2v) is 6.37. The zero-order chi connectivity index (χ0) is 18.6. The Bertz CT molecular complexity index is 982. The van der Waals surface area contributed by atoms with Gasteiger partial charge in [-0.05, 0) is 38.1 Å². The summed E-state index contributed by atoms with van der Waals surface area (Å²) in [5.74, 6) is -2.24. The van der Waals surface area contributed by atoms with Crippen molar-refractivity contribution in [1.82, 2.24) is 10.6 Å². The predicted octanol–water partition coefficient (Wildman–Crippen LogP) is 2.96. The quantitative estimate of drug-likeness (QED) is 0.873. The van der Waals surface area contributed by atoms with Crippen LogP contribution in [0.4, 0.5) is 8.78 Å². The van der Waals surface area contributed by atoms with E-state index in [1.807, 2.05) is 0 Å². The Kier molecular flexibility index (Phi) is 3.50. The molecule has 2 aliphatic heterocycles. The third-order valence-electron chi connectivity index (χ3n) is 4.46. The average molecular weight is 352 g/mol. The molecule has 0 saturated heterocycles. The van der Waals surface area contributed by atoms with Gasteiger partial charge in [0.15, 0.2) is 0 Å². The molecule has 0 aromatic heterocycles. The van der Waals surface area contributed by atoms with Gasteiger partial charge < -0.3 is 10.6 Å². The van der Waals surface area contributed by atoms with E-state index in [9.17, 15) is 18.4 Å². The highest BCUT2D eigenvalue weighted by atomic mass is 19.1. The standard InChI is InChI=1S/C20H14F2N2O2/c1-9-3-5-13(21)11(7-9)17-15-16(20(26)23-17)18(24-19(15)25)12-8-10(2)4-6-14(12)22/h3-8H,1-2H3,(H,23,26)(H,24,25). The van der Waals surface area contributed by atoms with Crippen LogP contribution in [0.25, 0.3) is 11.4 Å². The number of carbonyl (C=O) groups is 2. The molecule has 2 amide bonds. The average Bonchev–Trinajstić information content (AvgIpc) is 3.11. The number of fused-ring (bicyclic) bond motifs is 1. The minimum atomic E-state index is -0.565. The maximum Gasteiger partial charge on any atom is 0.258 e. The van der Waals surface area contributed by atoms with Gasteiger partial charge in [0, 0.05) is 11.1 Å². The van der Waals surface area contributed by atoms with Gasteiger partial charge in [0.1, 0.15) is 11.6 Å². The fourth-order valence-electron chi connectivity index (χ4n) is 3.25. The lowest BCUT2D eigenvalue weighted by atomic mass is 10.00. The summed E-state index contributed by atoms with van der Waals surface area (Å²) in [6.45, 7) is 3.56. The van der Waals surface area contributed by atoms with Gasteiger partial charge in [0.2, 0.25) is 0 Å². The van der Waals surface area contributed by atoms with Crippen LogP contribution in [0.15, 0.2) is 47.5 Å². The first-order valence-corrected chi connectivity index (χ1v) is 8.01. The monoisotopic (exact) mass is 352 g/mol. The molecular formula is C20H14F2N2O2. The van der Waals surface area contributed by atoms with Gasteiger partial charge in [-0.3, -0.25) is 9.59 Å². The molecule has 0 unspecified atom stereocenters. The molecule has 4 nitrogen and oxygen atoms in total. The van der Waals surface area contributed by atoms with Gasteiger partial charge in [0.25, 0.3) is 11.8 Å². The Balaban J connectivity index is 1.97. The van der Waals surface area contributed by atoms with E-state index in [0.717, 1.165) is 11.1 Å². The van der Waals surface area contributed by atoms with E-state index in [4.69, 9.17) is 0 Å². The summed E-state index contributed by atoms with van der Waals surface area (Å²) in [4.78, 5) is 25.0. The Labute approximate surface area is 148 Å². The smallest absolute Gasteiger partial charge is 0.258 e. The molecule has 0 radical (unpaired) electrons. The fourth-order valence-corrected chi connectivity index (χ4v) is 3.25. The molecule has 2 aromatic carbocycles. The van der Waals surface area contributed by atoms with Crippen LogP contribution in [0.3, 0.4) is 0 Å². The van der Waals surface area contributed by atoms with Gasteiger partial charge in [-0.15, -0.1) is 0 Å². The number of rotatable bonds is 2. The first kappa shape index (κ1) is 16.2. The second-order valence-electron chi connectivity index (χ2n) is 6.37. The maximum absolute atomic E-state index is 14.3. The molecule has 0 bridgehead atoms. The minimum Gasteiger partial charge on any atom is -0.320 e. The first-order valence-electron chi connectivity index (χ1n) is 8.01. The molecule has 2 aromatic rings. The number of amides is 2. The molecule has 130 valence electrons. The van der Waals surface area contributed by atoms with Crippen molar-refractivity contribution in [2.45, 2.75) is 13.8 Å². The van der Waals surface area contributed by atoms with Crippen molar-refractivity contribution in [3.63, 3.8) is 0 Å². The molecule has 26 heavy (non-hydrogen) atoms. The van der Waals surface area contributed by atoms with Crippen LogP contribution in [-0.4, -0.2) is 11.8 Å². The number of nitrogens with one attached hydrogen (secondary N) is 2. The van der Waals surface area contributed by atoms with E-state index >= 15 is 0 Å². The van der Waals surface area contributed by atoms with Crippen LogP contribution in [0.1, 0.15) is 22.3 Å². The van der Waals surface area contributed by atoms with E-state index in [-0.39, 0.29) is 33.7 Å². The van der Waals surface area contributed by atoms with Crippen molar-refractivity contribution in [3.8, 4) is 0 Å². The minimum absolute atomic E-state index is 0.0374. The molecule has 2 aliphatic rings. The van der Waals surface area contributed by atoms with E-state index in [2.05, 4.69) is 10.6 Å². The van der Waals surface area contributed by atoms with Gasteiger partial charge in [-0.2, -0.15) is 0 Å². The third kappa shape index (κ3) is 2.34. The molecule has 0 spiro atoms. The van der Waals surface area contributed by atoms with E-state index in [1.165, 1.54) is 12.1 Å². The summed E-state index contributed by atoms with van der Waals surface area (Å²) in [5, 5.41) is 5.13.